The van der Waals surface area contributed by atoms with Crippen LogP contribution in [0, 0.1) is 11.8 Å². The molecule has 2 aliphatic heterocycles. The first kappa shape index (κ1) is 19.4. The number of nitrogens with one attached hydrogen (secondary N) is 3. The molecule has 9 nitrogen and oxygen atoms in total. The zero-order chi connectivity index (χ0) is 19.8. The molecule has 0 unspecified atom stereocenters. The smallest absolute Gasteiger partial charge is 0.410 e. The van der Waals surface area contributed by atoms with Gasteiger partial charge < -0.3 is 20.3 Å². The average Bonchev–Trinajstić information content (AvgIpc) is 3.02. The SMILES string of the molecule is CC(C)(C)OC(=O)N1CC(CC(=O)NC[C@H]2CCC[C@@]23NC(=O)NC3=O)C1. The molecule has 1 spiro atoms. The molecule has 1 aliphatic carbocycles. The van der Waals surface area contributed by atoms with Crippen LogP contribution in [0.3, 0.4) is 0 Å². The lowest BCUT2D eigenvalue weighted by atomic mass is 9.87. The molecule has 3 rings (SSSR count). The van der Waals surface area contributed by atoms with Crippen molar-refractivity contribution in [1.29, 1.82) is 0 Å². The molecular weight excluding hydrogens is 352 g/mol. The van der Waals surface area contributed by atoms with Crippen LogP contribution < -0.4 is 16.0 Å². The summed E-state index contributed by atoms with van der Waals surface area (Å²) < 4.78 is 5.30. The van der Waals surface area contributed by atoms with Gasteiger partial charge in [0.2, 0.25) is 5.91 Å². The van der Waals surface area contributed by atoms with Crippen molar-refractivity contribution >= 4 is 23.9 Å². The van der Waals surface area contributed by atoms with Crippen molar-refractivity contribution in [1.82, 2.24) is 20.9 Å². The second-order valence-corrected chi connectivity index (χ2v) is 8.73. The zero-order valence-electron chi connectivity index (χ0n) is 16.1. The minimum atomic E-state index is -0.881. The number of rotatable bonds is 4. The highest BCUT2D eigenvalue weighted by atomic mass is 16.6. The molecule has 0 aromatic rings. The lowest BCUT2D eigenvalue weighted by Crippen LogP contribution is -2.54. The Balaban J connectivity index is 1.40. The molecule has 27 heavy (non-hydrogen) atoms. The van der Waals surface area contributed by atoms with Crippen molar-refractivity contribution in [2.24, 2.45) is 11.8 Å². The van der Waals surface area contributed by atoms with Crippen molar-refractivity contribution < 1.29 is 23.9 Å². The number of hydrogen-bond acceptors (Lipinski definition) is 5. The number of ether oxygens (including phenoxy) is 1. The number of amides is 5. The third-order valence-electron chi connectivity index (χ3n) is 5.42. The molecule has 5 amide bonds. The molecule has 2 heterocycles. The van der Waals surface area contributed by atoms with Gasteiger partial charge in [0.1, 0.15) is 11.1 Å². The molecule has 0 radical (unpaired) electrons. The van der Waals surface area contributed by atoms with Gasteiger partial charge in [0.25, 0.3) is 5.91 Å². The number of carbonyl (C=O) groups excluding carboxylic acids is 4. The fourth-order valence-electron chi connectivity index (χ4n) is 4.07. The van der Waals surface area contributed by atoms with Gasteiger partial charge in [0.05, 0.1) is 0 Å². The predicted molar refractivity (Wildman–Crippen MR) is 95.7 cm³/mol. The third kappa shape index (κ3) is 4.17. The van der Waals surface area contributed by atoms with Gasteiger partial charge in [0.15, 0.2) is 0 Å². The standard InChI is InChI=1S/C18H28N4O5/c1-17(2,3)27-16(26)22-9-11(10-22)7-13(23)19-8-12-5-4-6-18(12)14(24)20-15(25)21-18/h11-12H,4-10H2,1-3H3,(H,19,23)(H2,20,21,24,25)/t12-,18-/m1/s1. The minimum absolute atomic E-state index is 0.101. The third-order valence-corrected chi connectivity index (χ3v) is 5.42. The second-order valence-electron chi connectivity index (χ2n) is 8.73. The largest absolute Gasteiger partial charge is 0.444 e. The summed E-state index contributed by atoms with van der Waals surface area (Å²) in [6.07, 6.45) is 2.19. The maximum absolute atomic E-state index is 12.2. The molecule has 0 aromatic heterocycles. The number of likely N-dealkylation sites (tertiary alicyclic amines) is 1. The van der Waals surface area contributed by atoms with E-state index in [1.807, 2.05) is 20.8 Å². The van der Waals surface area contributed by atoms with Gasteiger partial charge in [0, 0.05) is 37.9 Å². The van der Waals surface area contributed by atoms with Crippen LogP contribution in [0.15, 0.2) is 0 Å². The van der Waals surface area contributed by atoms with Gasteiger partial charge >= 0.3 is 12.1 Å². The van der Waals surface area contributed by atoms with Crippen LogP contribution in [-0.2, 0) is 14.3 Å². The van der Waals surface area contributed by atoms with Gasteiger partial charge in [-0.3, -0.25) is 14.9 Å². The normalized spacial score (nSPS) is 28.0. The molecule has 3 N–H and O–H groups in total. The van der Waals surface area contributed by atoms with E-state index < -0.39 is 17.2 Å². The summed E-state index contributed by atoms with van der Waals surface area (Å²) in [4.78, 5) is 49.3. The van der Waals surface area contributed by atoms with E-state index in [4.69, 9.17) is 4.74 Å². The van der Waals surface area contributed by atoms with Crippen molar-refractivity contribution in [3.63, 3.8) is 0 Å². The van der Waals surface area contributed by atoms with Crippen LogP contribution in [0.25, 0.3) is 0 Å². The Morgan fingerprint density at radius 3 is 2.59 bits per heavy atom. The van der Waals surface area contributed by atoms with Gasteiger partial charge in [-0.15, -0.1) is 0 Å². The zero-order valence-corrected chi connectivity index (χ0v) is 16.1. The minimum Gasteiger partial charge on any atom is -0.444 e. The second kappa shape index (κ2) is 7.01. The molecule has 150 valence electrons. The van der Waals surface area contributed by atoms with Crippen molar-refractivity contribution in [2.45, 2.75) is 57.6 Å². The van der Waals surface area contributed by atoms with E-state index in [0.717, 1.165) is 12.8 Å². The average molecular weight is 380 g/mol. The monoisotopic (exact) mass is 380 g/mol. The predicted octanol–water partition coefficient (Wildman–Crippen LogP) is 0.738. The van der Waals surface area contributed by atoms with E-state index in [2.05, 4.69) is 16.0 Å². The van der Waals surface area contributed by atoms with Crippen LogP contribution in [0.4, 0.5) is 9.59 Å². The summed E-state index contributed by atoms with van der Waals surface area (Å²) in [5.41, 5.74) is -1.41. The Bertz CT molecular complexity index is 653. The quantitative estimate of drug-likeness (QED) is 0.622. The van der Waals surface area contributed by atoms with E-state index >= 15 is 0 Å². The molecule has 3 aliphatic rings. The molecule has 9 heteroatoms. The summed E-state index contributed by atoms with van der Waals surface area (Å²) in [6, 6.07) is -0.463. The Labute approximate surface area is 158 Å². The number of nitrogens with zero attached hydrogens (tertiary/aromatic N) is 1. The topological polar surface area (TPSA) is 117 Å². The summed E-state index contributed by atoms with van der Waals surface area (Å²) >= 11 is 0. The van der Waals surface area contributed by atoms with E-state index in [0.29, 0.717) is 32.5 Å². The fourth-order valence-corrected chi connectivity index (χ4v) is 4.07. The van der Waals surface area contributed by atoms with Gasteiger partial charge in [-0.1, -0.05) is 6.42 Å². The van der Waals surface area contributed by atoms with Gasteiger partial charge in [-0.25, -0.2) is 9.59 Å². The first-order valence-electron chi connectivity index (χ1n) is 9.47. The molecular formula is C18H28N4O5. The van der Waals surface area contributed by atoms with E-state index in [1.54, 1.807) is 4.90 Å². The first-order chi connectivity index (χ1) is 12.6. The van der Waals surface area contributed by atoms with Gasteiger partial charge in [-0.2, -0.15) is 0 Å². The Morgan fingerprint density at radius 1 is 1.30 bits per heavy atom. The van der Waals surface area contributed by atoms with Crippen LogP contribution in [-0.4, -0.2) is 59.6 Å². The molecule has 2 saturated heterocycles. The van der Waals surface area contributed by atoms with Crippen molar-refractivity contribution in [2.75, 3.05) is 19.6 Å². The Morgan fingerprint density at radius 2 is 2.00 bits per heavy atom. The van der Waals surface area contributed by atoms with Crippen LogP contribution in [0.5, 0.6) is 0 Å². The molecule has 2 atom stereocenters. The molecule has 3 fully saturated rings. The Kier molecular flexibility index (Phi) is 5.05. The summed E-state index contributed by atoms with van der Waals surface area (Å²) in [6.45, 7) is 6.83. The maximum Gasteiger partial charge on any atom is 0.410 e. The van der Waals surface area contributed by atoms with Crippen molar-refractivity contribution in [3.8, 4) is 0 Å². The van der Waals surface area contributed by atoms with E-state index in [9.17, 15) is 19.2 Å². The number of urea groups is 1. The highest BCUT2D eigenvalue weighted by Crippen LogP contribution is 2.37. The lowest BCUT2D eigenvalue weighted by Gasteiger charge is -2.39. The molecule has 1 saturated carbocycles. The van der Waals surface area contributed by atoms with Crippen molar-refractivity contribution in [3.05, 3.63) is 0 Å². The molecule has 0 aromatic carbocycles. The summed E-state index contributed by atoms with van der Waals surface area (Å²) in [5.74, 6) is -0.385. The van der Waals surface area contributed by atoms with Crippen LogP contribution >= 0.6 is 0 Å². The number of hydrogen-bond donors (Lipinski definition) is 3. The van der Waals surface area contributed by atoms with E-state index in [1.165, 1.54) is 0 Å². The highest BCUT2D eigenvalue weighted by Gasteiger charge is 2.54. The Hall–Kier alpha value is -2.32. The van der Waals surface area contributed by atoms with Crippen LogP contribution in [0.2, 0.25) is 0 Å². The lowest BCUT2D eigenvalue weighted by molar-refractivity contribution is -0.127. The summed E-state index contributed by atoms with van der Waals surface area (Å²) in [7, 11) is 0. The van der Waals surface area contributed by atoms with E-state index in [-0.39, 0.29) is 29.7 Å². The number of carbonyl (C=O) groups is 4. The summed E-state index contributed by atoms with van der Waals surface area (Å²) in [5, 5.41) is 7.93. The van der Waals surface area contributed by atoms with Gasteiger partial charge in [-0.05, 0) is 33.6 Å². The first-order valence-corrected chi connectivity index (χ1v) is 9.47. The number of imide groups is 1. The molecule has 0 bridgehead atoms. The highest BCUT2D eigenvalue weighted by molar-refractivity contribution is 6.07. The van der Waals surface area contributed by atoms with Crippen LogP contribution in [0.1, 0.15) is 46.5 Å². The maximum atomic E-state index is 12.2. The fraction of sp³-hybridized carbons (Fsp3) is 0.778.